The van der Waals surface area contributed by atoms with Gasteiger partial charge in [-0.15, -0.1) is 0 Å². The van der Waals surface area contributed by atoms with Crippen LogP contribution in [0, 0.1) is 0 Å². The van der Waals surface area contributed by atoms with Gasteiger partial charge in [0.25, 0.3) is 0 Å². The Labute approximate surface area is 285 Å². The highest BCUT2D eigenvalue weighted by Gasteiger charge is 2.52. The van der Waals surface area contributed by atoms with E-state index < -0.39 is 16.4 Å². The predicted octanol–water partition coefficient (Wildman–Crippen LogP) is 8.67. The largest absolute Gasteiger partial charge is 0.456 e. The molecular formula is C36H48ClN3O5Si2. The molecule has 2 aliphatic heterocycles. The van der Waals surface area contributed by atoms with Crippen molar-refractivity contribution < 1.29 is 23.4 Å². The topological polar surface area (TPSA) is 76.9 Å². The molecule has 2 aromatic carbocycles. The van der Waals surface area contributed by atoms with E-state index in [1.807, 2.05) is 41.0 Å². The van der Waals surface area contributed by atoms with Crippen molar-refractivity contribution in [2.45, 2.75) is 95.7 Å². The third-order valence-corrected chi connectivity index (χ3v) is 16.1. The first-order valence-electron chi connectivity index (χ1n) is 16.6. The van der Waals surface area contributed by atoms with Crippen LogP contribution in [-0.2, 0) is 25.4 Å². The molecular weight excluding hydrogens is 646 g/mol. The van der Waals surface area contributed by atoms with E-state index in [-0.39, 0.29) is 36.2 Å². The average Bonchev–Trinajstić information content (AvgIpc) is 3.69. The summed E-state index contributed by atoms with van der Waals surface area (Å²) in [5, 5.41) is 0.630. The predicted molar refractivity (Wildman–Crippen MR) is 193 cm³/mol. The number of hydrogen-bond acceptors (Lipinski definition) is 7. The Morgan fingerprint density at radius 1 is 0.851 bits per heavy atom. The fraction of sp³-hybridized carbons (Fsp3) is 0.500. The summed E-state index contributed by atoms with van der Waals surface area (Å²) in [6.07, 6.45) is -0.889. The van der Waals surface area contributed by atoms with Gasteiger partial charge in [-0.25, -0.2) is 4.98 Å². The van der Waals surface area contributed by atoms with Crippen molar-refractivity contribution in [3.8, 4) is 28.4 Å². The molecule has 0 amide bonds. The Hall–Kier alpha value is -2.58. The number of fused-ring (bicyclic) bond motifs is 2. The van der Waals surface area contributed by atoms with Crippen molar-refractivity contribution in [3.63, 3.8) is 0 Å². The first-order valence-corrected chi connectivity index (χ1v) is 23.6. The van der Waals surface area contributed by atoms with Crippen molar-refractivity contribution in [1.82, 2.24) is 14.5 Å². The van der Waals surface area contributed by atoms with Gasteiger partial charge in [0.2, 0.25) is 0 Å². The quantitative estimate of drug-likeness (QED) is 0.115. The van der Waals surface area contributed by atoms with Gasteiger partial charge in [0.05, 0.1) is 35.6 Å². The third-order valence-electron chi connectivity index (χ3n) is 9.61. The van der Waals surface area contributed by atoms with Crippen LogP contribution in [0.5, 0.6) is 6.01 Å². The van der Waals surface area contributed by atoms with E-state index in [9.17, 15) is 0 Å². The molecule has 0 saturated carbocycles. The van der Waals surface area contributed by atoms with Crippen molar-refractivity contribution in [2.24, 2.45) is 0 Å². The molecule has 2 aromatic heterocycles. The third kappa shape index (κ3) is 7.54. The molecule has 2 fully saturated rings. The number of imidazole rings is 1. The Balaban J connectivity index is 1.26. The summed E-state index contributed by atoms with van der Waals surface area (Å²) < 4.78 is 34.0. The molecule has 0 N–H and O–H groups in total. The average molecular weight is 694 g/mol. The molecule has 0 radical (unpaired) electrons. The van der Waals surface area contributed by atoms with Crippen molar-refractivity contribution in [3.05, 3.63) is 65.7 Å². The van der Waals surface area contributed by atoms with Crippen molar-refractivity contribution >= 4 is 39.2 Å². The molecule has 11 heteroatoms. The van der Waals surface area contributed by atoms with E-state index in [1.54, 1.807) is 0 Å². The fourth-order valence-corrected chi connectivity index (χ4v) is 8.05. The number of aromatic nitrogens is 3. The lowest BCUT2D eigenvalue weighted by Crippen LogP contribution is -2.47. The maximum Gasteiger partial charge on any atom is 0.301 e. The zero-order valence-electron chi connectivity index (χ0n) is 28.9. The Morgan fingerprint density at radius 3 is 2.13 bits per heavy atom. The van der Waals surface area contributed by atoms with E-state index in [1.165, 1.54) is 0 Å². The molecule has 2 aliphatic rings. The van der Waals surface area contributed by atoms with E-state index in [4.69, 9.17) is 44.9 Å². The van der Waals surface area contributed by atoms with Crippen LogP contribution in [0.15, 0.2) is 60.7 Å². The number of halogens is 1. The van der Waals surface area contributed by atoms with Gasteiger partial charge in [0.1, 0.15) is 18.9 Å². The maximum atomic E-state index is 6.91. The number of hydrogen-bond donors (Lipinski definition) is 0. The van der Waals surface area contributed by atoms with Gasteiger partial charge in [-0.1, -0.05) is 107 Å². The molecule has 4 atom stereocenters. The van der Waals surface area contributed by atoms with Crippen LogP contribution in [0.4, 0.5) is 0 Å². The Morgan fingerprint density at radius 2 is 1.47 bits per heavy atom. The Kier molecular flexibility index (Phi) is 9.76. The zero-order chi connectivity index (χ0) is 33.6. The minimum atomic E-state index is -2.00. The first-order chi connectivity index (χ1) is 22.2. The zero-order valence-corrected chi connectivity index (χ0v) is 31.6. The lowest BCUT2D eigenvalue weighted by Gasteiger charge is -2.39. The normalized spacial score (nSPS) is 21.8. The van der Waals surface area contributed by atoms with Gasteiger partial charge in [-0.2, -0.15) is 4.98 Å². The minimum absolute atomic E-state index is 0.0942. The summed E-state index contributed by atoms with van der Waals surface area (Å²) in [5.74, 6) is 0. The highest BCUT2D eigenvalue weighted by atomic mass is 35.5. The molecule has 4 aromatic rings. The lowest BCUT2D eigenvalue weighted by molar-refractivity contribution is 0.00691. The number of pyridine rings is 1. The summed E-state index contributed by atoms with van der Waals surface area (Å²) in [7, 11) is -3.26. The molecule has 47 heavy (non-hydrogen) atoms. The standard InChI is InChI=1S/C36H48ClN3O5Si2/c1-36(2,3)47(7,8)45-30-22-43-32-29(21-42-33(30)32)44-35-39-34-28(40(35)23-41-18-19-46(4,5)6)20-27(37)31(38-34)26-16-14-25(15-17-26)24-12-10-9-11-13-24/h9-17,20,29-30,32-33H,18-19,21-23H2,1-8H3/t29-,30-,32-,33-/m0/s1. The van der Waals surface area contributed by atoms with Crippen LogP contribution >= 0.6 is 11.6 Å². The highest BCUT2D eigenvalue weighted by molar-refractivity contribution is 6.76. The summed E-state index contributed by atoms with van der Waals surface area (Å²) in [5.41, 5.74) is 5.17. The summed E-state index contributed by atoms with van der Waals surface area (Å²) >= 11 is 6.91. The van der Waals surface area contributed by atoms with Crippen LogP contribution < -0.4 is 4.74 Å². The summed E-state index contributed by atoms with van der Waals surface area (Å²) in [4.78, 5) is 9.83. The van der Waals surface area contributed by atoms with Gasteiger partial charge in [0.15, 0.2) is 20.1 Å². The van der Waals surface area contributed by atoms with Gasteiger partial charge >= 0.3 is 6.01 Å². The van der Waals surface area contributed by atoms with Gasteiger partial charge in [-0.3, -0.25) is 4.57 Å². The second-order valence-corrected chi connectivity index (χ2v) is 26.2. The van der Waals surface area contributed by atoms with Crippen LogP contribution in [0.3, 0.4) is 0 Å². The van der Waals surface area contributed by atoms with E-state index in [0.717, 1.165) is 28.3 Å². The van der Waals surface area contributed by atoms with Crippen LogP contribution in [0.25, 0.3) is 33.5 Å². The molecule has 0 aliphatic carbocycles. The van der Waals surface area contributed by atoms with E-state index >= 15 is 0 Å². The van der Waals surface area contributed by atoms with E-state index in [0.29, 0.717) is 42.2 Å². The molecule has 0 spiro atoms. The number of nitrogens with zero attached hydrogens (tertiary/aromatic N) is 3. The molecule has 0 unspecified atom stereocenters. The summed E-state index contributed by atoms with van der Waals surface area (Å²) in [6.45, 7) is 20.1. The maximum absolute atomic E-state index is 6.91. The molecule has 4 heterocycles. The summed E-state index contributed by atoms with van der Waals surface area (Å²) in [6, 6.07) is 22.0. The second-order valence-electron chi connectivity index (χ2n) is 15.4. The molecule has 252 valence electrons. The highest BCUT2D eigenvalue weighted by Crippen LogP contribution is 2.41. The van der Waals surface area contributed by atoms with Gasteiger partial charge in [-0.05, 0) is 41.4 Å². The molecule has 8 nitrogen and oxygen atoms in total. The minimum Gasteiger partial charge on any atom is -0.456 e. The van der Waals surface area contributed by atoms with Crippen LogP contribution in [0.2, 0.25) is 48.8 Å². The first kappa shape index (κ1) is 34.3. The number of benzene rings is 2. The smallest absolute Gasteiger partial charge is 0.301 e. The van der Waals surface area contributed by atoms with Gasteiger partial charge < -0.3 is 23.4 Å². The molecule has 0 bridgehead atoms. The molecule has 6 rings (SSSR count). The second kappa shape index (κ2) is 13.4. The SMILES string of the molecule is CC(C)(C)[Si](C)(C)O[C@H]1CO[C@@H]2[C@H]1OC[C@@H]2Oc1nc2nc(-c3ccc(-c4ccccc4)cc3)c(Cl)cc2n1COCC[Si](C)(C)C. The monoisotopic (exact) mass is 693 g/mol. The van der Waals surface area contributed by atoms with Crippen molar-refractivity contribution in [2.75, 3.05) is 19.8 Å². The number of ether oxygens (including phenoxy) is 4. The van der Waals surface area contributed by atoms with Crippen LogP contribution in [0.1, 0.15) is 20.8 Å². The van der Waals surface area contributed by atoms with E-state index in [2.05, 4.69) is 77.8 Å². The Bertz CT molecular complexity index is 1690. The van der Waals surface area contributed by atoms with Crippen molar-refractivity contribution in [1.29, 1.82) is 0 Å². The van der Waals surface area contributed by atoms with Gasteiger partial charge in [0, 0.05) is 20.2 Å². The molecule has 2 saturated heterocycles. The fourth-order valence-electron chi connectivity index (χ4n) is 5.73. The lowest BCUT2D eigenvalue weighted by atomic mass is 10.0. The number of rotatable bonds is 11. The van der Waals surface area contributed by atoms with Crippen LogP contribution in [-0.4, -0.2) is 75.2 Å².